The van der Waals surface area contributed by atoms with Crippen LogP contribution in [0.1, 0.15) is 89.1 Å². The Labute approximate surface area is 379 Å². The van der Waals surface area contributed by atoms with Gasteiger partial charge in [-0.25, -0.2) is 0 Å². The fourth-order valence-corrected chi connectivity index (χ4v) is 9.14. The maximum atomic E-state index is 6.21. The lowest BCUT2D eigenvalue weighted by Gasteiger charge is -2.20. The van der Waals surface area contributed by atoms with Crippen LogP contribution in [0.4, 0.5) is 5.69 Å². The largest absolute Gasteiger partial charge is 0.264 e. The molecule has 0 aromatic heterocycles. The third kappa shape index (κ3) is 8.78. The molecule has 2 atom stereocenters. The normalized spacial score (nSPS) is 21.3. The van der Waals surface area contributed by atoms with Crippen molar-refractivity contribution in [1.29, 1.82) is 0 Å². The highest BCUT2D eigenvalue weighted by atomic mass is 14.8. The van der Waals surface area contributed by atoms with Crippen LogP contribution in [0.25, 0.3) is 33.4 Å². The first kappa shape index (κ1) is 41.6. The molecule has 0 fully saturated rings. The van der Waals surface area contributed by atoms with Crippen molar-refractivity contribution in [2.75, 3.05) is 0 Å². The molecular formula is C62H50N2. The first-order chi connectivity index (χ1) is 31.5. The van der Waals surface area contributed by atoms with Gasteiger partial charge in [0.05, 0.1) is 23.2 Å². The lowest BCUT2D eigenvalue weighted by atomic mass is 9.84. The van der Waals surface area contributed by atoms with Crippen LogP contribution in [-0.4, -0.2) is 11.9 Å². The molecule has 5 aliphatic rings. The van der Waals surface area contributed by atoms with Gasteiger partial charge in [-0.2, -0.15) is 0 Å². The summed E-state index contributed by atoms with van der Waals surface area (Å²) in [5, 5.41) is 0. The lowest BCUT2D eigenvalue weighted by Crippen LogP contribution is -2.02. The second-order valence-corrected chi connectivity index (χ2v) is 16.5. The second kappa shape index (κ2) is 19.1. The van der Waals surface area contributed by atoms with E-state index in [2.05, 4.69) is 200 Å². The molecule has 2 nitrogen and oxygen atoms in total. The minimum absolute atomic E-state index is 0.00835. The zero-order valence-electron chi connectivity index (χ0n) is 36.6. The maximum Gasteiger partial charge on any atom is 0.0748 e. The fourth-order valence-electron chi connectivity index (χ4n) is 9.14. The standard InChI is InChI=1S/C62H50N2/c1-5-8-9-20-48-31-34-51(59-26-15-14-25-58(48)59)38-50(18-6-2)60-40-54(39-55-41-61(64-62(55)60)49-32-28-46(29-33-49)52-22-16-17-35-63-42-52)44(7-3)37-53-36-43(4)56-23-12-13-24-57(56)47-21-11-10-19-45(53)27-30-47/h2,5,7-15,17-26,28-29,31-33,35,37-40,42,45,47H,4,16,34,36,41H2,1,3H3/b8-5-,19-10-,20-9-,21-11-,44-7+,50-18+,51-38+,53-37+. The number of terminal acetylenes is 1. The molecule has 2 unspecified atom stereocenters. The Morgan fingerprint density at radius 1 is 0.812 bits per heavy atom. The van der Waals surface area contributed by atoms with Crippen LogP contribution in [0.5, 0.6) is 0 Å². The summed E-state index contributed by atoms with van der Waals surface area (Å²) in [6.45, 7) is 8.81. The number of aliphatic imine (C=N–C) groups is 2. The van der Waals surface area contributed by atoms with Gasteiger partial charge in [0.15, 0.2) is 0 Å². The van der Waals surface area contributed by atoms with E-state index < -0.39 is 0 Å². The van der Waals surface area contributed by atoms with E-state index in [-0.39, 0.29) is 11.8 Å². The van der Waals surface area contributed by atoms with Gasteiger partial charge >= 0.3 is 0 Å². The Balaban J connectivity index is 1.16. The summed E-state index contributed by atoms with van der Waals surface area (Å²) in [4.78, 5) is 9.87. The maximum absolute atomic E-state index is 6.21. The number of benzene rings is 4. The van der Waals surface area contributed by atoms with Gasteiger partial charge < -0.3 is 0 Å². The molecule has 2 bridgehead atoms. The first-order valence-electron chi connectivity index (χ1n) is 22.2. The Morgan fingerprint density at radius 3 is 2.39 bits per heavy atom. The molecule has 3 aliphatic carbocycles. The van der Waals surface area contributed by atoms with Gasteiger partial charge in [0, 0.05) is 24.4 Å². The molecule has 4 aromatic rings. The number of rotatable bonds is 8. The SMILES string of the molecule is C#C/C=C(\C=C1/CC=C(/C=C\C=C/C)c2ccccc21)c1cc(C(=C/C)/C=C2\CC(=C)c3ccccc3C3C#CC2/C=C\C=C/3)cc2c1N=C(c1ccc(C3=CCC=CN=C3)cc1)C2. The van der Waals surface area contributed by atoms with E-state index in [4.69, 9.17) is 11.4 Å². The van der Waals surface area contributed by atoms with Crippen LogP contribution in [0.2, 0.25) is 0 Å². The van der Waals surface area contributed by atoms with Crippen molar-refractivity contribution in [3.8, 4) is 24.2 Å². The Morgan fingerprint density at radius 2 is 1.58 bits per heavy atom. The zero-order chi connectivity index (χ0) is 43.8. The number of allylic oxidation sites excluding steroid dienone is 22. The number of nitrogens with zero attached hydrogens (tertiary/aromatic N) is 2. The molecule has 0 N–H and O–H groups in total. The van der Waals surface area contributed by atoms with Crippen molar-refractivity contribution < 1.29 is 0 Å². The highest BCUT2D eigenvalue weighted by Gasteiger charge is 2.25. The first-order valence-corrected chi connectivity index (χ1v) is 22.2. The molecule has 308 valence electrons. The number of hydrogen-bond donors (Lipinski definition) is 0. The van der Waals surface area contributed by atoms with Gasteiger partial charge in [-0.15, -0.1) is 6.42 Å². The Hall–Kier alpha value is -7.78. The van der Waals surface area contributed by atoms with E-state index >= 15 is 0 Å². The quantitative estimate of drug-likeness (QED) is 0.125. The van der Waals surface area contributed by atoms with Crippen molar-refractivity contribution in [2.24, 2.45) is 15.9 Å². The predicted molar refractivity (Wildman–Crippen MR) is 275 cm³/mol. The average molecular weight is 823 g/mol. The van der Waals surface area contributed by atoms with Crippen molar-refractivity contribution in [1.82, 2.24) is 0 Å². The van der Waals surface area contributed by atoms with Crippen LogP contribution < -0.4 is 0 Å². The van der Waals surface area contributed by atoms with Crippen LogP contribution in [0.3, 0.4) is 0 Å². The smallest absolute Gasteiger partial charge is 0.0748 e. The topological polar surface area (TPSA) is 24.7 Å². The molecule has 0 radical (unpaired) electrons. The summed E-state index contributed by atoms with van der Waals surface area (Å²) >= 11 is 0. The third-order valence-electron chi connectivity index (χ3n) is 12.4. The highest BCUT2D eigenvalue weighted by Crippen LogP contribution is 2.43. The molecule has 0 saturated heterocycles. The third-order valence-corrected chi connectivity index (χ3v) is 12.4. The van der Waals surface area contributed by atoms with Crippen molar-refractivity contribution in [3.63, 3.8) is 0 Å². The monoisotopic (exact) mass is 822 g/mol. The van der Waals surface area contributed by atoms with E-state index in [1.54, 1.807) is 0 Å². The summed E-state index contributed by atoms with van der Waals surface area (Å²) in [6, 6.07) is 30.6. The van der Waals surface area contributed by atoms with Gasteiger partial charge in [-0.3, -0.25) is 9.98 Å². The van der Waals surface area contributed by atoms with E-state index in [0.717, 1.165) is 68.8 Å². The van der Waals surface area contributed by atoms with E-state index in [1.165, 1.54) is 44.5 Å². The van der Waals surface area contributed by atoms with Crippen LogP contribution in [-0.2, 0) is 6.42 Å². The van der Waals surface area contributed by atoms with Crippen molar-refractivity contribution in [2.45, 2.75) is 45.4 Å². The van der Waals surface area contributed by atoms with Crippen LogP contribution in [0, 0.1) is 30.1 Å². The van der Waals surface area contributed by atoms with Gasteiger partial charge in [0.25, 0.3) is 0 Å². The molecule has 9 rings (SSSR count). The van der Waals surface area contributed by atoms with E-state index in [0.29, 0.717) is 12.8 Å². The van der Waals surface area contributed by atoms with Gasteiger partial charge in [-0.05, 0) is 141 Å². The van der Waals surface area contributed by atoms with E-state index in [9.17, 15) is 0 Å². The molecular weight excluding hydrogens is 773 g/mol. The lowest BCUT2D eigenvalue weighted by molar-refractivity contribution is 0.959. The summed E-state index contributed by atoms with van der Waals surface area (Å²) in [6.07, 6.45) is 45.5. The molecule has 4 aromatic carbocycles. The van der Waals surface area contributed by atoms with Crippen molar-refractivity contribution in [3.05, 3.63) is 244 Å². The average Bonchev–Trinajstić information content (AvgIpc) is 3.58. The minimum Gasteiger partial charge on any atom is -0.264 e. The molecule has 2 heterocycles. The molecule has 64 heavy (non-hydrogen) atoms. The predicted octanol–water partition coefficient (Wildman–Crippen LogP) is 15.0. The van der Waals surface area contributed by atoms with Crippen LogP contribution in [0.15, 0.2) is 204 Å². The molecule has 2 heteroatoms. The highest BCUT2D eigenvalue weighted by molar-refractivity contribution is 6.12. The number of hydrogen-bond acceptors (Lipinski definition) is 2. The minimum atomic E-state index is -0.0599. The summed E-state index contributed by atoms with van der Waals surface area (Å²) in [7, 11) is 0. The summed E-state index contributed by atoms with van der Waals surface area (Å²) < 4.78 is 0. The zero-order valence-corrected chi connectivity index (χ0v) is 36.6. The second-order valence-electron chi connectivity index (χ2n) is 16.5. The molecule has 2 aliphatic heterocycles. The van der Waals surface area contributed by atoms with Gasteiger partial charge in [0.2, 0.25) is 0 Å². The summed E-state index contributed by atoms with van der Waals surface area (Å²) in [5.41, 5.74) is 20.2. The van der Waals surface area contributed by atoms with Crippen molar-refractivity contribution >= 4 is 51.1 Å². The molecule has 0 saturated carbocycles. The van der Waals surface area contributed by atoms with Crippen LogP contribution >= 0.6 is 0 Å². The summed E-state index contributed by atoms with van der Waals surface area (Å²) in [5.74, 6) is 10.1. The molecule has 0 amide bonds. The number of fused-ring (bicyclic) bond motifs is 6. The van der Waals surface area contributed by atoms with Gasteiger partial charge in [-0.1, -0.05) is 176 Å². The van der Waals surface area contributed by atoms with Gasteiger partial charge in [0.1, 0.15) is 0 Å². The Bertz CT molecular complexity index is 3070. The fraction of sp³-hybridized carbons (Fsp3) is 0.129. The van der Waals surface area contributed by atoms with E-state index in [1.807, 2.05) is 31.5 Å². The Kier molecular flexibility index (Phi) is 12.4. The molecule has 0 spiro atoms.